The number of rotatable bonds is 2. The van der Waals surface area contributed by atoms with Gasteiger partial charge in [-0.2, -0.15) is 0 Å². The second-order valence-corrected chi connectivity index (χ2v) is 3.17. The molecular weight excluding hydrogens is 166 g/mol. The van der Waals surface area contributed by atoms with Gasteiger partial charge in [-0.1, -0.05) is 0 Å². The van der Waals surface area contributed by atoms with Crippen LogP contribution in [0.2, 0.25) is 0 Å². The molecule has 4 nitrogen and oxygen atoms in total. The van der Waals surface area contributed by atoms with Crippen LogP contribution in [0.25, 0.3) is 0 Å². The number of nitrogens with zero attached hydrogens (tertiary/aromatic N) is 2. The normalized spacial score (nSPS) is 10.2. The third-order valence-corrected chi connectivity index (χ3v) is 1.46. The number of aromatic nitrogens is 2. The second-order valence-electron chi connectivity index (χ2n) is 3.17. The van der Waals surface area contributed by atoms with E-state index >= 15 is 0 Å². The Kier molecular flexibility index (Phi) is 2.95. The molecule has 70 valence electrons. The van der Waals surface area contributed by atoms with Crippen molar-refractivity contribution in [2.75, 3.05) is 0 Å². The van der Waals surface area contributed by atoms with E-state index < -0.39 is 0 Å². The van der Waals surface area contributed by atoms with E-state index in [-0.39, 0.29) is 11.9 Å². The van der Waals surface area contributed by atoms with Crippen molar-refractivity contribution in [3.8, 4) is 0 Å². The molecule has 0 saturated heterocycles. The van der Waals surface area contributed by atoms with E-state index in [1.54, 1.807) is 6.07 Å². The fraction of sp³-hybridized carbons (Fsp3) is 0.444. The van der Waals surface area contributed by atoms with Crippen LogP contribution in [0.15, 0.2) is 12.4 Å². The molecule has 0 bridgehead atoms. The number of hydrogen-bond acceptors (Lipinski definition) is 3. The van der Waals surface area contributed by atoms with Gasteiger partial charge in [-0.25, -0.2) is 9.97 Å². The highest BCUT2D eigenvalue weighted by Crippen LogP contribution is 1.96. The molecule has 1 rings (SSSR count). The molecule has 0 aliphatic heterocycles. The highest BCUT2D eigenvalue weighted by Gasteiger charge is 2.07. The van der Waals surface area contributed by atoms with E-state index in [0.29, 0.717) is 5.69 Å². The summed E-state index contributed by atoms with van der Waals surface area (Å²) in [6.45, 7) is 5.64. The minimum atomic E-state index is -0.152. The molecule has 1 amide bonds. The predicted octanol–water partition coefficient (Wildman–Crippen LogP) is 0.923. The first-order chi connectivity index (χ1) is 6.09. The molecule has 4 heteroatoms. The van der Waals surface area contributed by atoms with Gasteiger partial charge in [0.2, 0.25) is 0 Å². The van der Waals surface area contributed by atoms with Crippen LogP contribution in [0.3, 0.4) is 0 Å². The van der Waals surface area contributed by atoms with Gasteiger partial charge in [0.05, 0.1) is 0 Å². The van der Waals surface area contributed by atoms with Gasteiger partial charge in [-0.05, 0) is 26.8 Å². The number of hydrogen-bond donors (Lipinski definition) is 1. The van der Waals surface area contributed by atoms with Crippen LogP contribution < -0.4 is 5.32 Å². The number of carbonyl (C=O) groups is 1. The van der Waals surface area contributed by atoms with E-state index in [1.807, 2.05) is 20.8 Å². The zero-order chi connectivity index (χ0) is 9.84. The van der Waals surface area contributed by atoms with Crippen molar-refractivity contribution < 1.29 is 4.79 Å². The lowest BCUT2D eigenvalue weighted by molar-refractivity contribution is 0.0938. The highest BCUT2D eigenvalue weighted by atomic mass is 16.1. The smallest absolute Gasteiger partial charge is 0.270 e. The fourth-order valence-corrected chi connectivity index (χ4v) is 0.915. The first kappa shape index (κ1) is 9.64. The molecule has 0 atom stereocenters. The van der Waals surface area contributed by atoms with Crippen molar-refractivity contribution in [2.45, 2.75) is 26.8 Å². The van der Waals surface area contributed by atoms with Crippen molar-refractivity contribution in [1.82, 2.24) is 15.3 Å². The number of carbonyl (C=O) groups excluding carboxylic acids is 1. The molecule has 13 heavy (non-hydrogen) atoms. The molecule has 0 aliphatic rings. The van der Waals surface area contributed by atoms with Crippen LogP contribution in [-0.2, 0) is 0 Å². The van der Waals surface area contributed by atoms with Gasteiger partial charge in [0.1, 0.15) is 12.0 Å². The average Bonchev–Trinajstić information content (AvgIpc) is 2.03. The number of nitrogens with one attached hydrogen (secondary N) is 1. The summed E-state index contributed by atoms with van der Waals surface area (Å²) in [5.74, 6) is -0.152. The minimum Gasteiger partial charge on any atom is -0.349 e. The van der Waals surface area contributed by atoms with Crippen molar-refractivity contribution >= 4 is 5.91 Å². The van der Waals surface area contributed by atoms with E-state index in [1.165, 1.54) is 6.33 Å². The lowest BCUT2D eigenvalue weighted by atomic mass is 10.3. The maximum absolute atomic E-state index is 11.4. The van der Waals surface area contributed by atoms with Crippen molar-refractivity contribution in [3.05, 3.63) is 23.8 Å². The summed E-state index contributed by atoms with van der Waals surface area (Å²) in [6, 6.07) is 1.79. The summed E-state index contributed by atoms with van der Waals surface area (Å²) in [7, 11) is 0. The van der Waals surface area contributed by atoms with Crippen LogP contribution in [0.1, 0.15) is 30.0 Å². The Labute approximate surface area is 77.4 Å². The second kappa shape index (κ2) is 3.98. The van der Waals surface area contributed by atoms with Crippen LogP contribution >= 0.6 is 0 Å². The minimum absolute atomic E-state index is 0.128. The van der Waals surface area contributed by atoms with Gasteiger partial charge in [0.25, 0.3) is 5.91 Å². The summed E-state index contributed by atoms with van der Waals surface area (Å²) < 4.78 is 0. The van der Waals surface area contributed by atoms with E-state index in [0.717, 1.165) is 5.69 Å². The summed E-state index contributed by atoms with van der Waals surface area (Å²) in [6.07, 6.45) is 1.39. The molecule has 1 heterocycles. The van der Waals surface area contributed by atoms with Crippen molar-refractivity contribution in [1.29, 1.82) is 0 Å². The molecule has 0 saturated carbocycles. The Balaban J connectivity index is 2.77. The SMILES string of the molecule is Cc1cc(C(=O)NC(C)C)ncn1. The van der Waals surface area contributed by atoms with Gasteiger partial charge in [0, 0.05) is 11.7 Å². The molecule has 1 N–H and O–H groups in total. The maximum atomic E-state index is 11.4. The molecular formula is C9H13N3O. The lowest BCUT2D eigenvalue weighted by Gasteiger charge is -2.07. The molecule has 0 unspecified atom stereocenters. The lowest BCUT2D eigenvalue weighted by Crippen LogP contribution is -2.30. The molecule has 1 aromatic heterocycles. The van der Waals surface area contributed by atoms with Gasteiger partial charge in [0.15, 0.2) is 0 Å². The van der Waals surface area contributed by atoms with Crippen molar-refractivity contribution in [3.63, 3.8) is 0 Å². The van der Waals surface area contributed by atoms with Gasteiger partial charge < -0.3 is 5.32 Å². The Hall–Kier alpha value is -1.45. The zero-order valence-electron chi connectivity index (χ0n) is 8.03. The Bertz CT molecular complexity index is 309. The molecule has 0 radical (unpaired) electrons. The van der Waals surface area contributed by atoms with Crippen LogP contribution in [-0.4, -0.2) is 21.9 Å². The Morgan fingerprint density at radius 1 is 1.46 bits per heavy atom. The van der Waals surface area contributed by atoms with Crippen LogP contribution in [0, 0.1) is 6.92 Å². The monoisotopic (exact) mass is 179 g/mol. The first-order valence-corrected chi connectivity index (χ1v) is 4.19. The maximum Gasteiger partial charge on any atom is 0.270 e. The highest BCUT2D eigenvalue weighted by molar-refractivity contribution is 5.92. The number of amides is 1. The Morgan fingerprint density at radius 2 is 2.15 bits per heavy atom. The van der Waals surface area contributed by atoms with Gasteiger partial charge >= 0.3 is 0 Å². The largest absolute Gasteiger partial charge is 0.349 e. The van der Waals surface area contributed by atoms with Gasteiger partial charge in [-0.3, -0.25) is 4.79 Å². The fourth-order valence-electron chi connectivity index (χ4n) is 0.915. The number of aryl methyl sites for hydroxylation is 1. The average molecular weight is 179 g/mol. The summed E-state index contributed by atoms with van der Waals surface area (Å²) >= 11 is 0. The molecule has 0 spiro atoms. The van der Waals surface area contributed by atoms with Crippen LogP contribution in [0.4, 0.5) is 0 Å². The first-order valence-electron chi connectivity index (χ1n) is 4.19. The Morgan fingerprint density at radius 3 is 2.69 bits per heavy atom. The summed E-state index contributed by atoms with van der Waals surface area (Å²) in [5, 5.41) is 2.76. The molecule has 1 aromatic rings. The summed E-state index contributed by atoms with van der Waals surface area (Å²) in [5.41, 5.74) is 1.21. The quantitative estimate of drug-likeness (QED) is 0.734. The van der Waals surface area contributed by atoms with E-state index in [9.17, 15) is 4.79 Å². The van der Waals surface area contributed by atoms with Crippen molar-refractivity contribution in [2.24, 2.45) is 0 Å². The van der Waals surface area contributed by atoms with E-state index in [4.69, 9.17) is 0 Å². The van der Waals surface area contributed by atoms with Gasteiger partial charge in [-0.15, -0.1) is 0 Å². The standard InChI is InChI=1S/C9H13N3O/c1-6(2)12-9(13)8-4-7(3)10-5-11-8/h4-6H,1-3H3,(H,12,13). The summed E-state index contributed by atoms with van der Waals surface area (Å²) in [4.78, 5) is 19.2. The van der Waals surface area contributed by atoms with Crippen LogP contribution in [0.5, 0.6) is 0 Å². The topological polar surface area (TPSA) is 54.9 Å². The predicted molar refractivity (Wildman–Crippen MR) is 49.4 cm³/mol. The van der Waals surface area contributed by atoms with E-state index in [2.05, 4.69) is 15.3 Å². The molecule has 0 aliphatic carbocycles. The third kappa shape index (κ3) is 2.82. The molecule has 0 aromatic carbocycles. The zero-order valence-corrected chi connectivity index (χ0v) is 8.03. The molecule has 0 fully saturated rings. The third-order valence-electron chi connectivity index (χ3n) is 1.46.